The second kappa shape index (κ2) is 3.83. The lowest BCUT2D eigenvalue weighted by molar-refractivity contribution is -0.385. The van der Waals surface area contributed by atoms with E-state index in [0.29, 0.717) is 12.0 Å². The highest BCUT2D eigenvalue weighted by atomic mass is 19.1. The van der Waals surface area contributed by atoms with Gasteiger partial charge in [0.1, 0.15) is 11.9 Å². The Balaban J connectivity index is 3.42. The molecule has 5 heteroatoms. The van der Waals surface area contributed by atoms with Gasteiger partial charge in [-0.15, -0.1) is 0 Å². The van der Waals surface area contributed by atoms with Gasteiger partial charge in [0, 0.05) is 11.6 Å². The number of hydrogen-bond acceptors (Lipinski definition) is 3. The van der Waals surface area contributed by atoms with Gasteiger partial charge in [0.25, 0.3) is 5.69 Å². The van der Waals surface area contributed by atoms with Crippen molar-refractivity contribution in [1.29, 1.82) is 5.26 Å². The van der Waals surface area contributed by atoms with Gasteiger partial charge in [-0.2, -0.15) is 5.26 Å². The van der Waals surface area contributed by atoms with Crippen molar-refractivity contribution in [2.45, 2.75) is 13.3 Å². The molecule has 1 rings (SSSR count). The van der Waals surface area contributed by atoms with Crippen LogP contribution in [0.2, 0.25) is 0 Å². The molecule has 4 nitrogen and oxygen atoms in total. The number of benzene rings is 1. The standard InChI is InChI=1S/C9H7FN2O2/c1-2-6-3-8(10)7(5-11)4-9(6)12(13)14/h3-4H,2H2,1H3. The van der Waals surface area contributed by atoms with Gasteiger partial charge in [-0.3, -0.25) is 10.1 Å². The van der Waals surface area contributed by atoms with Gasteiger partial charge in [-0.1, -0.05) is 6.92 Å². The Kier molecular flexibility index (Phi) is 2.77. The molecule has 1 aromatic rings. The van der Waals surface area contributed by atoms with Gasteiger partial charge in [0.2, 0.25) is 0 Å². The number of aryl methyl sites for hydroxylation is 1. The fraction of sp³-hybridized carbons (Fsp3) is 0.222. The van der Waals surface area contributed by atoms with Gasteiger partial charge < -0.3 is 0 Å². The Labute approximate surface area is 79.7 Å². The Hall–Kier alpha value is -1.96. The molecule has 0 spiro atoms. The zero-order valence-corrected chi connectivity index (χ0v) is 7.45. The van der Waals surface area contributed by atoms with Crippen molar-refractivity contribution in [2.75, 3.05) is 0 Å². The van der Waals surface area contributed by atoms with E-state index in [4.69, 9.17) is 5.26 Å². The molecule has 0 N–H and O–H groups in total. The molecule has 0 amide bonds. The lowest BCUT2D eigenvalue weighted by atomic mass is 10.1. The number of nitro benzene ring substituents is 1. The first-order valence-corrected chi connectivity index (χ1v) is 3.97. The minimum atomic E-state index is -0.713. The van der Waals surface area contributed by atoms with E-state index < -0.39 is 10.7 Å². The van der Waals surface area contributed by atoms with Crippen molar-refractivity contribution < 1.29 is 9.31 Å². The van der Waals surface area contributed by atoms with Crippen molar-refractivity contribution >= 4 is 5.69 Å². The van der Waals surface area contributed by atoms with Crippen molar-refractivity contribution in [3.63, 3.8) is 0 Å². The predicted molar refractivity (Wildman–Crippen MR) is 47.1 cm³/mol. The lowest BCUT2D eigenvalue weighted by Gasteiger charge is -2.00. The second-order valence-corrected chi connectivity index (χ2v) is 2.68. The van der Waals surface area contributed by atoms with Gasteiger partial charge in [0.15, 0.2) is 0 Å². The summed E-state index contributed by atoms with van der Waals surface area (Å²) >= 11 is 0. The number of rotatable bonds is 2. The summed E-state index contributed by atoms with van der Waals surface area (Å²) in [5, 5.41) is 19.0. The molecule has 0 aliphatic carbocycles. The van der Waals surface area contributed by atoms with Crippen LogP contribution in [0.4, 0.5) is 10.1 Å². The minimum absolute atomic E-state index is 0.203. The van der Waals surface area contributed by atoms with Crippen molar-refractivity contribution in [3.05, 3.63) is 39.2 Å². The van der Waals surface area contributed by atoms with E-state index in [1.165, 1.54) is 0 Å². The highest BCUT2D eigenvalue weighted by molar-refractivity contribution is 5.48. The highest BCUT2D eigenvalue weighted by Gasteiger charge is 2.16. The van der Waals surface area contributed by atoms with Crippen LogP contribution < -0.4 is 0 Å². The Morgan fingerprint density at radius 3 is 2.71 bits per heavy atom. The molecule has 0 heterocycles. The fourth-order valence-corrected chi connectivity index (χ4v) is 1.14. The van der Waals surface area contributed by atoms with E-state index in [2.05, 4.69) is 0 Å². The molecule has 72 valence electrons. The maximum Gasteiger partial charge on any atom is 0.274 e. The molecule has 0 aliphatic heterocycles. The van der Waals surface area contributed by atoms with Crippen molar-refractivity contribution in [1.82, 2.24) is 0 Å². The predicted octanol–water partition coefficient (Wildman–Crippen LogP) is 2.17. The van der Waals surface area contributed by atoms with Crippen LogP contribution in [0.3, 0.4) is 0 Å². The molecule has 0 atom stereocenters. The maximum absolute atomic E-state index is 13.0. The lowest BCUT2D eigenvalue weighted by Crippen LogP contribution is -1.97. The molecular weight excluding hydrogens is 187 g/mol. The summed E-state index contributed by atoms with van der Waals surface area (Å²) in [6.45, 7) is 1.69. The van der Waals surface area contributed by atoms with E-state index in [1.54, 1.807) is 13.0 Å². The van der Waals surface area contributed by atoms with Crippen LogP contribution in [0, 0.1) is 27.3 Å². The van der Waals surface area contributed by atoms with Crippen LogP contribution in [-0.4, -0.2) is 4.92 Å². The first-order chi connectivity index (χ1) is 6.60. The third kappa shape index (κ3) is 1.69. The molecule has 0 fully saturated rings. The van der Waals surface area contributed by atoms with Gasteiger partial charge >= 0.3 is 0 Å². The molecule has 0 radical (unpaired) electrons. The molecule has 1 aromatic carbocycles. The maximum atomic E-state index is 13.0. The van der Waals surface area contributed by atoms with Crippen LogP contribution in [0.25, 0.3) is 0 Å². The number of halogens is 1. The van der Waals surface area contributed by atoms with Crippen LogP contribution >= 0.6 is 0 Å². The molecule has 0 saturated carbocycles. The normalized spacial score (nSPS) is 9.50. The van der Waals surface area contributed by atoms with Crippen LogP contribution in [-0.2, 0) is 6.42 Å². The van der Waals surface area contributed by atoms with Crippen molar-refractivity contribution in [3.8, 4) is 6.07 Å². The SMILES string of the molecule is CCc1cc(F)c(C#N)cc1[N+](=O)[O-]. The first-order valence-electron chi connectivity index (χ1n) is 3.97. The Morgan fingerprint density at radius 2 is 2.29 bits per heavy atom. The smallest absolute Gasteiger partial charge is 0.258 e. The van der Waals surface area contributed by atoms with Gasteiger partial charge in [0.05, 0.1) is 10.5 Å². The highest BCUT2D eigenvalue weighted by Crippen LogP contribution is 2.22. The molecule has 14 heavy (non-hydrogen) atoms. The van der Waals surface area contributed by atoms with Crippen LogP contribution in [0.1, 0.15) is 18.1 Å². The molecular formula is C9H7FN2O2. The Bertz CT molecular complexity index is 424. The van der Waals surface area contributed by atoms with Gasteiger partial charge in [-0.05, 0) is 12.5 Å². The van der Waals surface area contributed by atoms with E-state index in [1.807, 2.05) is 0 Å². The first kappa shape index (κ1) is 10.1. The number of nitriles is 1. The summed E-state index contributed by atoms with van der Waals surface area (Å²) in [6, 6.07) is 3.57. The average molecular weight is 194 g/mol. The molecule has 0 bridgehead atoms. The van der Waals surface area contributed by atoms with E-state index in [-0.39, 0.29) is 11.3 Å². The summed E-state index contributed by atoms with van der Waals surface area (Å²) in [5.41, 5.74) is -0.203. The summed E-state index contributed by atoms with van der Waals surface area (Å²) in [4.78, 5) is 9.92. The molecule has 0 unspecified atom stereocenters. The summed E-state index contributed by atoms with van der Waals surface area (Å²) < 4.78 is 13.0. The molecule has 0 saturated heterocycles. The second-order valence-electron chi connectivity index (χ2n) is 2.68. The van der Waals surface area contributed by atoms with Crippen LogP contribution in [0.15, 0.2) is 12.1 Å². The third-order valence-corrected chi connectivity index (χ3v) is 1.87. The number of hydrogen-bond donors (Lipinski definition) is 0. The quantitative estimate of drug-likeness (QED) is 0.535. The van der Waals surface area contributed by atoms with Gasteiger partial charge in [-0.25, -0.2) is 4.39 Å². The number of nitro groups is 1. The average Bonchev–Trinajstić information content (AvgIpc) is 2.16. The number of nitrogens with zero attached hydrogens (tertiary/aromatic N) is 2. The summed E-state index contributed by atoms with van der Waals surface area (Å²) in [7, 11) is 0. The van der Waals surface area contributed by atoms with E-state index in [9.17, 15) is 14.5 Å². The molecule has 0 aromatic heterocycles. The monoisotopic (exact) mass is 194 g/mol. The van der Waals surface area contributed by atoms with E-state index in [0.717, 1.165) is 12.1 Å². The summed E-state index contributed by atoms with van der Waals surface area (Å²) in [6.07, 6.45) is 0.360. The van der Waals surface area contributed by atoms with E-state index >= 15 is 0 Å². The summed E-state index contributed by atoms with van der Waals surface area (Å²) in [5.74, 6) is -0.713. The zero-order chi connectivity index (χ0) is 10.7. The van der Waals surface area contributed by atoms with Crippen molar-refractivity contribution in [2.24, 2.45) is 0 Å². The topological polar surface area (TPSA) is 66.9 Å². The minimum Gasteiger partial charge on any atom is -0.258 e. The van der Waals surface area contributed by atoms with Crippen LogP contribution in [0.5, 0.6) is 0 Å². The third-order valence-electron chi connectivity index (χ3n) is 1.87. The zero-order valence-electron chi connectivity index (χ0n) is 7.45. The Morgan fingerprint density at radius 1 is 1.64 bits per heavy atom. The fourth-order valence-electron chi connectivity index (χ4n) is 1.14. The molecule has 0 aliphatic rings. The largest absolute Gasteiger partial charge is 0.274 e.